The second kappa shape index (κ2) is 9.38. The van der Waals surface area contributed by atoms with Crippen LogP contribution in [-0.4, -0.2) is 4.98 Å². The SMILES string of the molecule is c1ccc2[nH]ccc2c1.c1ccc2ccccc2c1.c1ccc2ccccc2c1. The van der Waals surface area contributed by atoms with Crippen molar-refractivity contribution in [3.63, 3.8) is 0 Å². The molecule has 140 valence electrons. The molecule has 1 nitrogen and oxygen atoms in total. The summed E-state index contributed by atoms with van der Waals surface area (Å²) < 4.78 is 0. The number of nitrogens with one attached hydrogen (secondary N) is 1. The van der Waals surface area contributed by atoms with Gasteiger partial charge in [-0.1, -0.05) is 115 Å². The van der Waals surface area contributed by atoms with E-state index in [0.29, 0.717) is 0 Å². The maximum atomic E-state index is 3.12. The Bertz CT molecular complexity index is 1080. The van der Waals surface area contributed by atoms with Crippen molar-refractivity contribution in [1.82, 2.24) is 4.98 Å². The zero-order valence-electron chi connectivity index (χ0n) is 16.2. The Morgan fingerprint density at radius 1 is 0.310 bits per heavy atom. The Labute approximate surface area is 171 Å². The highest BCUT2D eigenvalue weighted by molar-refractivity contribution is 5.82. The van der Waals surface area contributed by atoms with Crippen LogP contribution in [-0.2, 0) is 0 Å². The molecule has 6 rings (SSSR count). The molecule has 0 saturated carbocycles. The van der Waals surface area contributed by atoms with Gasteiger partial charge >= 0.3 is 0 Å². The molecule has 0 radical (unpaired) electrons. The number of H-pyrrole nitrogens is 1. The van der Waals surface area contributed by atoms with Crippen molar-refractivity contribution in [2.75, 3.05) is 0 Å². The van der Waals surface area contributed by atoms with Gasteiger partial charge in [0.05, 0.1) is 0 Å². The molecule has 0 aliphatic rings. The molecule has 1 heterocycles. The average molecular weight is 373 g/mol. The van der Waals surface area contributed by atoms with Gasteiger partial charge < -0.3 is 4.98 Å². The molecule has 5 aromatic carbocycles. The second-order valence-electron chi connectivity index (χ2n) is 6.76. The van der Waals surface area contributed by atoms with Crippen LogP contribution in [0.25, 0.3) is 32.4 Å². The summed E-state index contributed by atoms with van der Waals surface area (Å²) in [4.78, 5) is 3.12. The number of fused-ring (bicyclic) bond motifs is 3. The summed E-state index contributed by atoms with van der Waals surface area (Å²) in [5, 5.41) is 6.52. The molecular weight excluding hydrogens is 350 g/mol. The number of hydrogen-bond acceptors (Lipinski definition) is 0. The molecule has 0 aliphatic carbocycles. The van der Waals surface area contributed by atoms with Gasteiger partial charge in [-0.15, -0.1) is 0 Å². The topological polar surface area (TPSA) is 15.8 Å². The number of para-hydroxylation sites is 1. The van der Waals surface area contributed by atoms with E-state index in [1.54, 1.807) is 0 Å². The number of hydrogen-bond donors (Lipinski definition) is 1. The Balaban J connectivity index is 0.000000106. The molecule has 1 N–H and O–H groups in total. The average Bonchev–Trinajstić information content (AvgIpc) is 3.29. The van der Waals surface area contributed by atoms with Crippen LogP contribution in [0.2, 0.25) is 0 Å². The highest BCUT2D eigenvalue weighted by atomic mass is 14.7. The van der Waals surface area contributed by atoms with Crippen LogP contribution < -0.4 is 0 Å². The van der Waals surface area contributed by atoms with E-state index >= 15 is 0 Å². The lowest BCUT2D eigenvalue weighted by Crippen LogP contribution is -1.67. The van der Waals surface area contributed by atoms with Gasteiger partial charge in [0.15, 0.2) is 0 Å². The Hall–Kier alpha value is -3.84. The largest absolute Gasteiger partial charge is 0.361 e. The summed E-state index contributed by atoms with van der Waals surface area (Å²) in [6.07, 6.45) is 1.95. The lowest BCUT2D eigenvalue weighted by Gasteiger charge is -1.92. The van der Waals surface area contributed by atoms with Gasteiger partial charge in [-0.2, -0.15) is 0 Å². The third kappa shape index (κ3) is 4.91. The summed E-state index contributed by atoms with van der Waals surface area (Å²) in [6.45, 7) is 0. The van der Waals surface area contributed by atoms with E-state index in [2.05, 4.69) is 120 Å². The number of rotatable bonds is 0. The molecule has 6 aromatic rings. The van der Waals surface area contributed by atoms with Crippen molar-refractivity contribution in [3.8, 4) is 0 Å². The molecule has 0 aliphatic heterocycles. The molecule has 0 saturated heterocycles. The first-order chi connectivity index (χ1) is 14.4. The van der Waals surface area contributed by atoms with Gasteiger partial charge in [-0.3, -0.25) is 0 Å². The molecule has 0 unspecified atom stereocenters. The zero-order valence-corrected chi connectivity index (χ0v) is 16.2. The van der Waals surface area contributed by atoms with Crippen molar-refractivity contribution in [2.45, 2.75) is 0 Å². The lowest BCUT2D eigenvalue weighted by molar-refractivity contribution is 1.48. The minimum atomic E-state index is 1.21. The molecule has 0 spiro atoms. The highest BCUT2D eigenvalue weighted by Gasteiger charge is 1.87. The standard InChI is InChI=1S/2C10H8.C8H7N/c2*1-2-6-10-8-4-3-7-9(10)5-1;1-2-4-8-7(3-1)5-6-9-8/h2*1-8H;1-6,9H. The Morgan fingerprint density at radius 3 is 0.966 bits per heavy atom. The molecular formula is C28H23N. The molecule has 0 amide bonds. The second-order valence-corrected chi connectivity index (χ2v) is 6.76. The first-order valence-corrected chi connectivity index (χ1v) is 9.80. The zero-order chi connectivity index (χ0) is 19.7. The molecule has 1 aromatic heterocycles. The van der Waals surface area contributed by atoms with Crippen LogP contribution in [0.5, 0.6) is 0 Å². The maximum Gasteiger partial charge on any atom is 0.0453 e. The molecule has 29 heavy (non-hydrogen) atoms. The van der Waals surface area contributed by atoms with Gasteiger partial charge in [-0.25, -0.2) is 0 Å². The van der Waals surface area contributed by atoms with Gasteiger partial charge in [-0.05, 0) is 39.1 Å². The van der Waals surface area contributed by atoms with Gasteiger partial charge in [0.1, 0.15) is 0 Å². The van der Waals surface area contributed by atoms with Crippen LogP contribution in [0.1, 0.15) is 0 Å². The first kappa shape index (κ1) is 18.5. The minimum Gasteiger partial charge on any atom is -0.361 e. The fraction of sp³-hybridized carbons (Fsp3) is 0. The van der Waals surface area contributed by atoms with Crippen LogP contribution >= 0.6 is 0 Å². The highest BCUT2D eigenvalue weighted by Crippen LogP contribution is 2.12. The van der Waals surface area contributed by atoms with E-state index in [1.165, 1.54) is 32.4 Å². The van der Waals surface area contributed by atoms with E-state index in [9.17, 15) is 0 Å². The predicted octanol–water partition coefficient (Wildman–Crippen LogP) is 7.85. The van der Waals surface area contributed by atoms with Crippen molar-refractivity contribution in [3.05, 3.63) is 134 Å². The van der Waals surface area contributed by atoms with E-state index in [-0.39, 0.29) is 0 Å². The van der Waals surface area contributed by atoms with Crippen LogP contribution in [0, 0.1) is 0 Å². The Morgan fingerprint density at radius 2 is 0.621 bits per heavy atom. The van der Waals surface area contributed by atoms with Crippen molar-refractivity contribution < 1.29 is 0 Å². The third-order valence-corrected chi connectivity index (χ3v) is 4.78. The van der Waals surface area contributed by atoms with Crippen molar-refractivity contribution in [2.24, 2.45) is 0 Å². The van der Waals surface area contributed by atoms with Crippen LogP contribution in [0.15, 0.2) is 134 Å². The number of benzene rings is 5. The van der Waals surface area contributed by atoms with E-state index in [0.717, 1.165) is 0 Å². The van der Waals surface area contributed by atoms with E-state index in [1.807, 2.05) is 18.3 Å². The van der Waals surface area contributed by atoms with Gasteiger partial charge in [0.25, 0.3) is 0 Å². The summed E-state index contributed by atoms with van der Waals surface area (Å²) in [7, 11) is 0. The molecule has 0 fully saturated rings. The molecule has 1 heteroatoms. The quantitative estimate of drug-likeness (QED) is 0.279. The summed E-state index contributed by atoms with van der Waals surface area (Å²) in [6, 6.07) is 43.7. The predicted molar refractivity (Wildman–Crippen MR) is 126 cm³/mol. The van der Waals surface area contributed by atoms with Crippen LogP contribution in [0.3, 0.4) is 0 Å². The van der Waals surface area contributed by atoms with E-state index < -0.39 is 0 Å². The number of aromatic nitrogens is 1. The van der Waals surface area contributed by atoms with E-state index in [4.69, 9.17) is 0 Å². The Kier molecular flexibility index (Phi) is 5.99. The monoisotopic (exact) mass is 373 g/mol. The van der Waals surface area contributed by atoms with Crippen LogP contribution in [0.4, 0.5) is 0 Å². The molecule has 0 atom stereocenters. The number of aromatic amines is 1. The fourth-order valence-corrected chi connectivity index (χ4v) is 3.26. The normalized spacial score (nSPS) is 10.1. The van der Waals surface area contributed by atoms with Crippen molar-refractivity contribution >= 4 is 32.4 Å². The van der Waals surface area contributed by atoms with Gasteiger partial charge in [0, 0.05) is 11.7 Å². The summed E-state index contributed by atoms with van der Waals surface area (Å²) >= 11 is 0. The minimum absolute atomic E-state index is 1.21. The fourth-order valence-electron chi connectivity index (χ4n) is 3.26. The summed E-state index contributed by atoms with van der Waals surface area (Å²) in [5.74, 6) is 0. The smallest absolute Gasteiger partial charge is 0.0453 e. The third-order valence-electron chi connectivity index (χ3n) is 4.78. The molecule has 0 bridgehead atoms. The maximum absolute atomic E-state index is 3.12. The van der Waals surface area contributed by atoms with Gasteiger partial charge in [0.2, 0.25) is 0 Å². The van der Waals surface area contributed by atoms with Crippen molar-refractivity contribution in [1.29, 1.82) is 0 Å². The lowest BCUT2D eigenvalue weighted by atomic mass is 10.1. The summed E-state index contributed by atoms with van der Waals surface area (Å²) in [5.41, 5.74) is 1.21. The first-order valence-electron chi connectivity index (χ1n) is 9.80.